The maximum atomic E-state index is 5.16. The van der Waals surface area contributed by atoms with Gasteiger partial charge in [0, 0.05) is 32.8 Å². The van der Waals surface area contributed by atoms with Crippen molar-refractivity contribution in [2.75, 3.05) is 39.9 Å². The average Bonchev–Trinajstić information content (AvgIpc) is 2.31. The van der Waals surface area contributed by atoms with Crippen LogP contribution in [0.3, 0.4) is 0 Å². The summed E-state index contributed by atoms with van der Waals surface area (Å²) in [7, 11) is 1.77. The van der Waals surface area contributed by atoms with Crippen molar-refractivity contribution < 1.29 is 4.74 Å². The summed E-state index contributed by atoms with van der Waals surface area (Å²) in [5.41, 5.74) is 0. The van der Waals surface area contributed by atoms with Crippen LogP contribution in [0, 0.1) is 5.92 Å². The fourth-order valence-electron chi connectivity index (χ4n) is 1.76. The molecule has 0 amide bonds. The molecule has 0 saturated heterocycles. The lowest BCUT2D eigenvalue weighted by Gasteiger charge is -2.28. The van der Waals surface area contributed by atoms with Crippen LogP contribution < -0.4 is 5.32 Å². The van der Waals surface area contributed by atoms with E-state index in [2.05, 4.69) is 37.9 Å². The molecule has 0 spiro atoms. The summed E-state index contributed by atoms with van der Waals surface area (Å²) in [5, 5.41) is 3.52. The van der Waals surface area contributed by atoms with E-state index < -0.39 is 0 Å². The van der Waals surface area contributed by atoms with Gasteiger partial charge in [0.25, 0.3) is 0 Å². The molecule has 0 aliphatic heterocycles. The number of nitrogens with one attached hydrogen (secondary N) is 1. The van der Waals surface area contributed by atoms with Crippen LogP contribution >= 0.6 is 0 Å². The predicted octanol–water partition coefficient (Wildman–Crippen LogP) is 2.37. The van der Waals surface area contributed by atoms with Crippen LogP contribution in [0.4, 0.5) is 0 Å². The molecule has 0 bridgehead atoms. The highest BCUT2D eigenvalue weighted by atomic mass is 16.5. The minimum atomic E-state index is 0.650. The lowest BCUT2D eigenvalue weighted by atomic mass is 10.1. The number of ether oxygens (including phenoxy) is 1. The Labute approximate surface area is 108 Å². The van der Waals surface area contributed by atoms with Crippen LogP contribution in [0.15, 0.2) is 0 Å². The summed E-state index contributed by atoms with van der Waals surface area (Å²) in [6, 6.07) is 0.650. The second kappa shape index (κ2) is 11.0. The van der Waals surface area contributed by atoms with Gasteiger partial charge in [-0.1, -0.05) is 20.8 Å². The molecule has 0 heterocycles. The Morgan fingerprint density at radius 3 is 2.35 bits per heavy atom. The van der Waals surface area contributed by atoms with Gasteiger partial charge in [0.1, 0.15) is 0 Å². The molecule has 0 aromatic carbocycles. The molecule has 1 N–H and O–H groups in total. The predicted molar refractivity (Wildman–Crippen MR) is 75.5 cm³/mol. The molecule has 17 heavy (non-hydrogen) atoms. The first-order valence-electron chi connectivity index (χ1n) is 7.05. The molecule has 1 unspecified atom stereocenters. The van der Waals surface area contributed by atoms with E-state index in [9.17, 15) is 0 Å². The summed E-state index contributed by atoms with van der Waals surface area (Å²) in [5.74, 6) is 0.793. The number of methoxy groups -OCH3 is 1. The van der Waals surface area contributed by atoms with Crippen LogP contribution in [-0.4, -0.2) is 50.8 Å². The minimum absolute atomic E-state index is 0.650. The zero-order valence-corrected chi connectivity index (χ0v) is 12.5. The van der Waals surface area contributed by atoms with Gasteiger partial charge < -0.3 is 10.1 Å². The summed E-state index contributed by atoms with van der Waals surface area (Å²) in [6.07, 6.45) is 2.47. The molecular weight excluding hydrogens is 212 g/mol. The molecule has 3 heteroatoms. The topological polar surface area (TPSA) is 24.5 Å². The quantitative estimate of drug-likeness (QED) is 0.565. The van der Waals surface area contributed by atoms with E-state index in [0.29, 0.717) is 6.04 Å². The number of nitrogens with zero attached hydrogens (tertiary/aromatic N) is 1. The summed E-state index contributed by atoms with van der Waals surface area (Å²) in [6.45, 7) is 14.3. The fraction of sp³-hybridized carbons (Fsp3) is 1.00. The van der Waals surface area contributed by atoms with E-state index in [1.165, 1.54) is 12.8 Å². The van der Waals surface area contributed by atoms with Crippen molar-refractivity contribution in [1.29, 1.82) is 0 Å². The van der Waals surface area contributed by atoms with Gasteiger partial charge in [0.05, 0.1) is 6.61 Å². The molecule has 0 fully saturated rings. The Balaban J connectivity index is 3.67. The summed E-state index contributed by atoms with van der Waals surface area (Å²) < 4.78 is 5.16. The molecule has 0 aromatic rings. The van der Waals surface area contributed by atoms with Crippen LogP contribution in [0.5, 0.6) is 0 Å². The number of rotatable bonds is 11. The molecule has 0 radical (unpaired) electrons. The van der Waals surface area contributed by atoms with Crippen molar-refractivity contribution in [2.45, 2.75) is 46.6 Å². The lowest BCUT2D eigenvalue weighted by Crippen LogP contribution is -2.40. The molecule has 0 aliphatic carbocycles. The van der Waals surface area contributed by atoms with Gasteiger partial charge in [-0.15, -0.1) is 0 Å². The van der Waals surface area contributed by atoms with Crippen LogP contribution in [0.1, 0.15) is 40.5 Å². The van der Waals surface area contributed by atoms with E-state index >= 15 is 0 Å². The average molecular weight is 244 g/mol. The van der Waals surface area contributed by atoms with Crippen molar-refractivity contribution >= 4 is 0 Å². The van der Waals surface area contributed by atoms with Crippen molar-refractivity contribution in [3.63, 3.8) is 0 Å². The Morgan fingerprint density at radius 1 is 1.12 bits per heavy atom. The number of hydrogen-bond acceptors (Lipinski definition) is 3. The maximum Gasteiger partial charge on any atom is 0.0589 e. The minimum Gasteiger partial charge on any atom is -0.383 e. The molecular formula is C14H32N2O. The molecule has 0 saturated carbocycles. The van der Waals surface area contributed by atoms with Crippen LogP contribution in [-0.2, 0) is 4.74 Å². The van der Waals surface area contributed by atoms with Crippen molar-refractivity contribution in [2.24, 2.45) is 5.92 Å². The van der Waals surface area contributed by atoms with Crippen LogP contribution in [0.2, 0.25) is 0 Å². The Bertz CT molecular complexity index is 162. The zero-order chi connectivity index (χ0) is 13.1. The molecule has 3 nitrogen and oxygen atoms in total. The van der Waals surface area contributed by atoms with E-state index in [4.69, 9.17) is 4.74 Å². The van der Waals surface area contributed by atoms with E-state index in [0.717, 1.165) is 38.7 Å². The Hall–Kier alpha value is -0.120. The lowest BCUT2D eigenvalue weighted by molar-refractivity contribution is 0.123. The van der Waals surface area contributed by atoms with E-state index in [1.54, 1.807) is 7.11 Å². The van der Waals surface area contributed by atoms with Crippen molar-refractivity contribution in [3.05, 3.63) is 0 Å². The van der Waals surface area contributed by atoms with Gasteiger partial charge in [-0.3, -0.25) is 4.90 Å². The van der Waals surface area contributed by atoms with E-state index in [1.807, 2.05) is 0 Å². The second-order valence-corrected chi connectivity index (χ2v) is 5.22. The Kier molecular flexibility index (Phi) is 10.9. The van der Waals surface area contributed by atoms with Gasteiger partial charge in [-0.2, -0.15) is 0 Å². The largest absolute Gasteiger partial charge is 0.383 e. The monoisotopic (exact) mass is 244 g/mol. The highest BCUT2D eigenvalue weighted by Crippen LogP contribution is 2.02. The first-order valence-corrected chi connectivity index (χ1v) is 7.05. The standard InChI is InChI=1S/C14H32N2O/c1-6-14(4)16(11-12-17-5)10-9-15-8-7-13(2)3/h13-15H,6-12H2,1-5H3. The van der Waals surface area contributed by atoms with E-state index in [-0.39, 0.29) is 0 Å². The van der Waals surface area contributed by atoms with Gasteiger partial charge in [-0.25, -0.2) is 0 Å². The van der Waals surface area contributed by atoms with Gasteiger partial charge >= 0.3 is 0 Å². The maximum absolute atomic E-state index is 5.16. The second-order valence-electron chi connectivity index (χ2n) is 5.22. The normalized spacial score (nSPS) is 13.6. The van der Waals surface area contributed by atoms with Gasteiger partial charge in [0.2, 0.25) is 0 Å². The molecule has 1 atom stereocenters. The summed E-state index contributed by atoms with van der Waals surface area (Å²) in [4.78, 5) is 2.51. The smallest absolute Gasteiger partial charge is 0.0589 e. The Morgan fingerprint density at radius 2 is 1.82 bits per heavy atom. The summed E-state index contributed by atoms with van der Waals surface area (Å²) >= 11 is 0. The molecule has 104 valence electrons. The highest BCUT2D eigenvalue weighted by Gasteiger charge is 2.10. The highest BCUT2D eigenvalue weighted by molar-refractivity contribution is 4.67. The number of hydrogen-bond donors (Lipinski definition) is 1. The zero-order valence-electron chi connectivity index (χ0n) is 12.5. The fourth-order valence-corrected chi connectivity index (χ4v) is 1.76. The molecule has 0 rings (SSSR count). The van der Waals surface area contributed by atoms with Gasteiger partial charge in [-0.05, 0) is 32.2 Å². The SMILES string of the molecule is CCC(C)N(CCNCCC(C)C)CCOC. The first-order chi connectivity index (χ1) is 8.11. The first kappa shape index (κ1) is 16.9. The molecule has 0 aromatic heterocycles. The third-order valence-electron chi connectivity index (χ3n) is 3.27. The van der Waals surface area contributed by atoms with Crippen molar-refractivity contribution in [1.82, 2.24) is 10.2 Å². The van der Waals surface area contributed by atoms with Crippen molar-refractivity contribution in [3.8, 4) is 0 Å². The van der Waals surface area contributed by atoms with Gasteiger partial charge in [0.15, 0.2) is 0 Å². The van der Waals surface area contributed by atoms with Crippen LogP contribution in [0.25, 0.3) is 0 Å². The molecule has 0 aliphatic rings. The third kappa shape index (κ3) is 9.57. The third-order valence-corrected chi connectivity index (χ3v) is 3.27.